The van der Waals surface area contributed by atoms with E-state index in [1.807, 2.05) is 0 Å². The number of nitrogens with two attached hydrogens (primary N) is 1. The normalized spacial score (nSPS) is 30.0. The van der Waals surface area contributed by atoms with Gasteiger partial charge in [0.05, 0.1) is 21.8 Å². The molecule has 0 radical (unpaired) electrons. The van der Waals surface area contributed by atoms with E-state index < -0.39 is 54.1 Å². The van der Waals surface area contributed by atoms with Gasteiger partial charge in [-0.05, 0) is 17.5 Å². The molecule has 188 valence electrons. The number of phosphoric acid groups is 3. The van der Waals surface area contributed by atoms with Crippen LogP contribution in [-0.2, 0) is 31.6 Å². The van der Waals surface area contributed by atoms with Crippen LogP contribution in [0, 0.1) is 11.3 Å². The van der Waals surface area contributed by atoms with Crippen molar-refractivity contribution in [3.05, 3.63) is 12.5 Å². The second-order valence-electron chi connectivity index (χ2n) is 6.23. The predicted molar refractivity (Wildman–Crippen MR) is 107 cm³/mol. The first kappa shape index (κ1) is 24.2. The number of aliphatic hydroxyl groups is 1. The van der Waals surface area contributed by atoms with E-state index >= 15 is 4.39 Å². The van der Waals surface area contributed by atoms with Crippen LogP contribution >= 0.6 is 35.1 Å². The minimum Gasteiger partial charge on any atom is -0.386 e. The Morgan fingerprint density at radius 2 is 1.97 bits per heavy atom. The Labute approximate surface area is 195 Å². The molecule has 2 aromatic heterocycles. The van der Waals surface area contributed by atoms with Gasteiger partial charge in [0.2, 0.25) is 11.6 Å². The van der Waals surface area contributed by atoms with Crippen LogP contribution in [0.3, 0.4) is 0 Å². The van der Waals surface area contributed by atoms with Crippen LogP contribution in [0.1, 0.15) is 8.97 Å². The molecule has 0 bridgehead atoms. The Morgan fingerprint density at radius 3 is 2.59 bits per heavy atom. The lowest BCUT2D eigenvalue weighted by molar-refractivity contribution is -0.0496. The van der Waals surface area contributed by atoms with E-state index in [0.29, 0.717) is 0 Å². The van der Waals surface area contributed by atoms with Gasteiger partial charge < -0.3 is 35.2 Å². The molecule has 3 unspecified atom stereocenters. The van der Waals surface area contributed by atoms with Crippen molar-refractivity contribution >= 4 is 52.2 Å². The van der Waals surface area contributed by atoms with Crippen LogP contribution in [0.25, 0.3) is 11.2 Å². The number of aliphatic hydroxyl groups excluding tert-OH is 1. The summed E-state index contributed by atoms with van der Waals surface area (Å²) >= 11 is 5.30. The Hall–Kier alpha value is -1.54. The standard InChI is InChI=1S/C12H14ClFN5O12P3/c13-2-1-12(14)8(20)7(4-28-33(24,25)31-34(26,27)30-32(21,22)23)29-10(12)19-5-17-6-3-16-11(15)18-9(6)19/h3,5,7-8,10,20H,4H2,(H,24,25)(H,26,27)(H2,15,16,18)(H2,21,22,23)/t7-,8+,10-,12?/m1/s1/i4D2. The highest BCUT2D eigenvalue weighted by atomic mass is 35.5. The minimum absolute atomic E-state index is 0.0585. The fourth-order valence-corrected chi connectivity index (χ4v) is 5.69. The summed E-state index contributed by atoms with van der Waals surface area (Å²) in [5.74, 6) is 1.51. The molecule has 1 aliphatic rings. The number of aromatic nitrogens is 4. The Kier molecular flexibility index (Phi) is 6.75. The minimum atomic E-state index is -6.07. The predicted octanol–water partition coefficient (Wildman–Crippen LogP) is -0.0819. The fourth-order valence-electron chi connectivity index (χ4n) is 2.67. The highest BCUT2D eigenvalue weighted by Gasteiger charge is 2.58. The first-order chi connectivity index (χ1) is 16.3. The number of imidazole rings is 1. The van der Waals surface area contributed by atoms with Crippen molar-refractivity contribution in [2.75, 3.05) is 12.3 Å². The molecule has 34 heavy (non-hydrogen) atoms. The zero-order valence-corrected chi connectivity index (χ0v) is 19.4. The molecular formula is C12H14ClFN5O12P3. The number of rotatable bonds is 8. The number of hydrogen-bond acceptors (Lipinski definition) is 12. The lowest BCUT2D eigenvalue weighted by Gasteiger charge is -2.23. The van der Waals surface area contributed by atoms with E-state index in [1.54, 1.807) is 11.3 Å². The molecule has 22 heteroatoms. The highest BCUT2D eigenvalue weighted by molar-refractivity contribution is 7.66. The number of nitrogens with zero attached hydrogens (tertiary/aromatic N) is 4. The SMILES string of the molecule is [2H]C([2H])(OP(=O)(O)OP(=O)(O)OP(=O)(O)O)[C@H]1O[C@@H](n2cnc3cnc(N)nc32)C(F)(C#CCl)[C@H]1O. The Balaban J connectivity index is 1.95. The van der Waals surface area contributed by atoms with E-state index in [0.717, 1.165) is 17.1 Å². The summed E-state index contributed by atoms with van der Waals surface area (Å²) in [5.41, 5.74) is 2.16. The van der Waals surface area contributed by atoms with Gasteiger partial charge in [0.15, 0.2) is 11.9 Å². The first-order valence-electron chi connectivity index (χ1n) is 9.25. The van der Waals surface area contributed by atoms with E-state index in [2.05, 4.69) is 28.1 Å². The Morgan fingerprint density at radius 1 is 1.29 bits per heavy atom. The smallest absolute Gasteiger partial charge is 0.386 e. The number of hydrogen-bond donors (Lipinski definition) is 6. The zero-order valence-electron chi connectivity index (χ0n) is 17.9. The number of ether oxygens (including phenoxy) is 1. The maximum Gasteiger partial charge on any atom is 0.490 e. The molecule has 6 atom stereocenters. The summed E-state index contributed by atoms with van der Waals surface area (Å²) in [6, 6.07) is 0. The average molecular weight is 570 g/mol. The number of phosphoric ester groups is 1. The van der Waals surface area contributed by atoms with Gasteiger partial charge in [-0.1, -0.05) is 0 Å². The molecule has 1 saturated heterocycles. The van der Waals surface area contributed by atoms with Gasteiger partial charge in [-0.3, -0.25) is 9.09 Å². The van der Waals surface area contributed by atoms with Crippen LogP contribution in [0.15, 0.2) is 12.5 Å². The third-order valence-electron chi connectivity index (χ3n) is 3.88. The number of fused-ring (bicyclic) bond motifs is 1. The van der Waals surface area contributed by atoms with Crippen molar-refractivity contribution in [1.29, 1.82) is 0 Å². The number of halogens is 2. The molecule has 3 rings (SSSR count). The molecule has 0 saturated carbocycles. The number of alkyl halides is 1. The van der Waals surface area contributed by atoms with Crippen LogP contribution in [0.2, 0.25) is 0 Å². The maximum atomic E-state index is 15.9. The van der Waals surface area contributed by atoms with E-state index in [9.17, 15) is 28.6 Å². The lowest BCUT2D eigenvalue weighted by Crippen LogP contribution is -2.42. The molecule has 7 N–H and O–H groups in total. The zero-order chi connectivity index (χ0) is 27.3. The summed E-state index contributed by atoms with van der Waals surface area (Å²) in [5, 5.41) is 12.2. The molecule has 0 spiro atoms. The summed E-state index contributed by atoms with van der Waals surface area (Å²) in [6.07, 6.45) is -5.12. The van der Waals surface area contributed by atoms with E-state index in [4.69, 9.17) is 34.6 Å². The van der Waals surface area contributed by atoms with Gasteiger partial charge in [-0.15, -0.1) is 0 Å². The molecule has 3 heterocycles. The number of anilines is 1. The molecule has 0 aromatic carbocycles. The molecule has 1 aliphatic heterocycles. The third-order valence-corrected chi connectivity index (χ3v) is 7.64. The van der Waals surface area contributed by atoms with E-state index in [-0.39, 0.29) is 17.1 Å². The van der Waals surface area contributed by atoms with Crippen molar-refractivity contribution in [2.24, 2.45) is 0 Å². The van der Waals surface area contributed by atoms with Gasteiger partial charge >= 0.3 is 23.5 Å². The van der Waals surface area contributed by atoms with E-state index in [1.165, 1.54) is 0 Å². The first-order valence-corrected chi connectivity index (χ1v) is 13.1. The topological polar surface area (TPSA) is 259 Å². The van der Waals surface area contributed by atoms with Gasteiger partial charge in [-0.2, -0.15) is 13.6 Å². The molecular weight excluding hydrogens is 554 g/mol. The monoisotopic (exact) mass is 569 g/mol. The fraction of sp³-hybridized carbons (Fsp3) is 0.417. The molecule has 17 nitrogen and oxygen atoms in total. The van der Waals surface area contributed by atoms with Gasteiger partial charge in [0, 0.05) is 5.38 Å². The van der Waals surface area contributed by atoms with Crippen molar-refractivity contribution in [1.82, 2.24) is 19.5 Å². The summed E-state index contributed by atoms with van der Waals surface area (Å²) < 4.78 is 83.1. The van der Waals surface area contributed by atoms with Crippen molar-refractivity contribution in [2.45, 2.75) is 24.1 Å². The van der Waals surface area contributed by atoms with Crippen molar-refractivity contribution in [3.63, 3.8) is 0 Å². The van der Waals surface area contributed by atoms with Crippen LogP contribution in [-0.4, -0.2) is 68.6 Å². The summed E-state index contributed by atoms with van der Waals surface area (Å²) in [7, 11) is -17.8. The second-order valence-corrected chi connectivity index (χ2v) is 10.8. The second kappa shape index (κ2) is 9.49. The van der Waals surface area contributed by atoms with Crippen LogP contribution in [0.5, 0.6) is 0 Å². The third kappa shape index (κ3) is 5.99. The number of nitrogen functional groups attached to an aromatic ring is 1. The lowest BCUT2D eigenvalue weighted by atomic mass is 9.97. The Bertz CT molecular complexity index is 1380. The molecule has 1 fully saturated rings. The summed E-state index contributed by atoms with van der Waals surface area (Å²) in [6.45, 7) is -3.71. The van der Waals surface area contributed by atoms with Gasteiger partial charge in [0.1, 0.15) is 17.7 Å². The average Bonchev–Trinajstić information content (AvgIpc) is 3.17. The quantitative estimate of drug-likeness (QED) is 0.179. The van der Waals surface area contributed by atoms with Crippen LogP contribution in [0.4, 0.5) is 10.3 Å². The molecule has 2 aromatic rings. The highest BCUT2D eigenvalue weighted by Crippen LogP contribution is 2.66. The van der Waals surface area contributed by atoms with Gasteiger partial charge in [-0.25, -0.2) is 28.1 Å². The van der Waals surface area contributed by atoms with Crippen LogP contribution < -0.4 is 5.73 Å². The largest absolute Gasteiger partial charge is 0.490 e. The maximum absolute atomic E-state index is 15.9. The molecule has 0 amide bonds. The van der Waals surface area contributed by atoms with Crippen molar-refractivity contribution < 1.29 is 63.4 Å². The van der Waals surface area contributed by atoms with Crippen molar-refractivity contribution in [3.8, 4) is 11.3 Å². The van der Waals surface area contributed by atoms with Gasteiger partial charge in [0.25, 0.3) is 0 Å². The molecule has 0 aliphatic carbocycles. The summed E-state index contributed by atoms with van der Waals surface area (Å²) in [4.78, 5) is 47.4.